The Morgan fingerprint density at radius 1 is 1.59 bits per heavy atom. The molecule has 1 aromatic heterocycles. The minimum atomic E-state index is -1.14. The van der Waals surface area contributed by atoms with Crippen LogP contribution in [0.3, 0.4) is 0 Å². The SMILES string of the molecule is C[C@@H]1C(=O)N2C(C(=O)O)=C(Sc3cnc(N)c(F)c3)CC[C@H]12. The number of carbonyl (C=O) groups excluding carboxylic acids is 1. The van der Waals surface area contributed by atoms with E-state index < -0.39 is 11.8 Å². The lowest BCUT2D eigenvalue weighted by Crippen LogP contribution is -2.61. The first-order chi connectivity index (χ1) is 10.4. The third kappa shape index (κ3) is 2.23. The van der Waals surface area contributed by atoms with Crippen molar-refractivity contribution in [2.24, 2.45) is 5.92 Å². The summed E-state index contributed by atoms with van der Waals surface area (Å²) in [6.45, 7) is 1.81. The van der Waals surface area contributed by atoms with Crippen molar-refractivity contribution in [2.45, 2.75) is 30.7 Å². The largest absolute Gasteiger partial charge is 0.477 e. The van der Waals surface area contributed by atoms with E-state index in [-0.39, 0.29) is 29.4 Å². The lowest BCUT2D eigenvalue weighted by molar-refractivity contribution is -0.157. The van der Waals surface area contributed by atoms with Gasteiger partial charge in [0.05, 0.1) is 5.92 Å². The first kappa shape index (κ1) is 14.8. The van der Waals surface area contributed by atoms with Gasteiger partial charge >= 0.3 is 5.97 Å². The van der Waals surface area contributed by atoms with Gasteiger partial charge < -0.3 is 15.7 Å². The van der Waals surface area contributed by atoms with E-state index in [4.69, 9.17) is 5.73 Å². The van der Waals surface area contributed by atoms with Crippen LogP contribution in [0.5, 0.6) is 0 Å². The minimum absolute atomic E-state index is 0.00147. The highest BCUT2D eigenvalue weighted by atomic mass is 32.2. The van der Waals surface area contributed by atoms with Crippen LogP contribution < -0.4 is 5.73 Å². The third-order valence-electron chi connectivity index (χ3n) is 4.00. The summed E-state index contributed by atoms with van der Waals surface area (Å²) in [5.74, 6) is -2.31. The molecule has 2 aliphatic rings. The number of carboxylic acid groups (broad SMARTS) is 1. The molecular weight excluding hydrogens is 309 g/mol. The molecule has 1 amide bonds. The highest BCUT2D eigenvalue weighted by Crippen LogP contribution is 2.45. The van der Waals surface area contributed by atoms with Crippen LogP contribution >= 0.6 is 11.8 Å². The van der Waals surface area contributed by atoms with Gasteiger partial charge in [0, 0.05) is 22.0 Å². The predicted octanol–water partition coefficient (Wildman–Crippen LogP) is 1.83. The smallest absolute Gasteiger partial charge is 0.353 e. The molecule has 2 atom stereocenters. The molecule has 2 aliphatic heterocycles. The van der Waals surface area contributed by atoms with Gasteiger partial charge in [-0.15, -0.1) is 0 Å². The zero-order valence-corrected chi connectivity index (χ0v) is 12.6. The van der Waals surface area contributed by atoms with Crippen molar-refractivity contribution in [1.82, 2.24) is 9.88 Å². The average molecular weight is 323 g/mol. The standard InChI is InChI=1S/C14H14FN3O3S/c1-6-9-2-3-10(11(14(20)21)18(9)13(6)19)22-7-4-8(15)12(16)17-5-7/h4-6,9H,2-3H2,1H3,(H2,16,17)(H,20,21)/t6-,9+/m0/s1. The second kappa shape index (κ2) is 5.28. The highest BCUT2D eigenvalue weighted by Gasteiger charge is 2.50. The number of β-lactam (4-membered cyclic amide) rings is 1. The molecule has 0 bridgehead atoms. The Labute approximate surface area is 130 Å². The number of aromatic nitrogens is 1. The highest BCUT2D eigenvalue weighted by molar-refractivity contribution is 8.03. The number of carbonyl (C=O) groups is 2. The van der Waals surface area contributed by atoms with Crippen molar-refractivity contribution in [3.63, 3.8) is 0 Å². The normalized spacial score (nSPS) is 24.1. The molecule has 116 valence electrons. The van der Waals surface area contributed by atoms with E-state index in [0.717, 1.165) is 11.8 Å². The number of thioether (sulfide) groups is 1. The molecule has 6 nitrogen and oxygen atoms in total. The molecule has 0 aromatic carbocycles. The summed E-state index contributed by atoms with van der Waals surface area (Å²) < 4.78 is 13.5. The van der Waals surface area contributed by atoms with Crippen LogP contribution in [0.25, 0.3) is 0 Å². The van der Waals surface area contributed by atoms with Crippen LogP contribution in [0.15, 0.2) is 27.8 Å². The van der Waals surface area contributed by atoms with E-state index in [1.807, 2.05) is 0 Å². The fourth-order valence-corrected chi connectivity index (χ4v) is 3.88. The molecule has 0 unspecified atom stereocenters. The quantitative estimate of drug-likeness (QED) is 0.824. The van der Waals surface area contributed by atoms with Crippen molar-refractivity contribution in [3.8, 4) is 0 Å². The molecule has 8 heteroatoms. The van der Waals surface area contributed by atoms with Crippen LogP contribution in [0.1, 0.15) is 19.8 Å². The number of fused-ring (bicyclic) bond motifs is 1. The second-order valence-corrected chi connectivity index (χ2v) is 6.49. The topological polar surface area (TPSA) is 96.5 Å². The van der Waals surface area contributed by atoms with E-state index in [1.165, 1.54) is 17.2 Å². The number of carboxylic acids is 1. The van der Waals surface area contributed by atoms with Gasteiger partial charge in [-0.3, -0.25) is 4.79 Å². The van der Waals surface area contributed by atoms with Crippen molar-refractivity contribution in [1.29, 1.82) is 0 Å². The number of nitrogens with two attached hydrogens (primary N) is 1. The summed E-state index contributed by atoms with van der Waals surface area (Å²) in [4.78, 5) is 29.5. The molecule has 1 aromatic rings. The Morgan fingerprint density at radius 3 is 2.95 bits per heavy atom. The predicted molar refractivity (Wildman–Crippen MR) is 78.2 cm³/mol. The monoisotopic (exact) mass is 323 g/mol. The van der Waals surface area contributed by atoms with E-state index in [2.05, 4.69) is 4.98 Å². The Morgan fingerprint density at radius 2 is 2.32 bits per heavy atom. The number of rotatable bonds is 3. The molecule has 0 spiro atoms. The molecule has 3 rings (SSSR count). The number of hydrogen-bond donors (Lipinski definition) is 2. The molecule has 3 heterocycles. The summed E-state index contributed by atoms with van der Waals surface area (Å²) >= 11 is 1.11. The van der Waals surface area contributed by atoms with E-state index in [9.17, 15) is 19.1 Å². The second-order valence-electron chi connectivity index (χ2n) is 5.32. The summed E-state index contributed by atoms with van der Waals surface area (Å²) in [5, 5.41) is 9.44. The van der Waals surface area contributed by atoms with Crippen molar-refractivity contribution in [3.05, 3.63) is 28.7 Å². The average Bonchev–Trinajstić information content (AvgIpc) is 2.49. The lowest BCUT2D eigenvalue weighted by atomic mass is 9.82. The van der Waals surface area contributed by atoms with E-state index in [0.29, 0.717) is 22.6 Å². The first-order valence-electron chi connectivity index (χ1n) is 6.78. The van der Waals surface area contributed by atoms with Crippen LogP contribution in [-0.4, -0.2) is 32.9 Å². The molecule has 0 aliphatic carbocycles. The van der Waals surface area contributed by atoms with Gasteiger partial charge in [0.15, 0.2) is 11.6 Å². The molecule has 1 fully saturated rings. The zero-order chi connectivity index (χ0) is 16.0. The Kier molecular flexibility index (Phi) is 3.56. The maximum Gasteiger partial charge on any atom is 0.353 e. The maximum absolute atomic E-state index is 13.5. The number of amides is 1. The van der Waals surface area contributed by atoms with Gasteiger partial charge in [-0.2, -0.15) is 0 Å². The summed E-state index contributed by atoms with van der Waals surface area (Å²) in [6, 6.07) is 1.16. The molecule has 22 heavy (non-hydrogen) atoms. The first-order valence-corrected chi connectivity index (χ1v) is 7.60. The fourth-order valence-electron chi connectivity index (χ4n) is 2.83. The molecular formula is C14H14FN3O3S. The van der Waals surface area contributed by atoms with Gasteiger partial charge in [0.2, 0.25) is 5.91 Å². The number of pyridine rings is 1. The van der Waals surface area contributed by atoms with Crippen LogP contribution in [0.2, 0.25) is 0 Å². The molecule has 0 saturated carbocycles. The van der Waals surface area contributed by atoms with Crippen molar-refractivity contribution in [2.75, 3.05) is 5.73 Å². The number of hydrogen-bond acceptors (Lipinski definition) is 5. The van der Waals surface area contributed by atoms with Crippen LogP contribution in [0, 0.1) is 11.7 Å². The number of aliphatic carboxylic acids is 1. The summed E-state index contributed by atoms with van der Waals surface area (Å²) in [7, 11) is 0. The Bertz CT molecular complexity index is 707. The van der Waals surface area contributed by atoms with Crippen LogP contribution in [-0.2, 0) is 9.59 Å². The zero-order valence-electron chi connectivity index (χ0n) is 11.7. The van der Waals surface area contributed by atoms with Gasteiger partial charge in [0.25, 0.3) is 0 Å². The van der Waals surface area contributed by atoms with Gasteiger partial charge in [-0.25, -0.2) is 14.2 Å². The number of anilines is 1. The molecule has 1 saturated heterocycles. The lowest BCUT2D eigenvalue weighted by Gasteiger charge is -2.49. The Hall–Kier alpha value is -2.09. The van der Waals surface area contributed by atoms with Gasteiger partial charge in [0.1, 0.15) is 5.70 Å². The van der Waals surface area contributed by atoms with Gasteiger partial charge in [-0.1, -0.05) is 18.7 Å². The van der Waals surface area contributed by atoms with E-state index in [1.54, 1.807) is 6.92 Å². The van der Waals surface area contributed by atoms with Gasteiger partial charge in [-0.05, 0) is 18.9 Å². The fraction of sp³-hybridized carbons (Fsp3) is 0.357. The van der Waals surface area contributed by atoms with Crippen molar-refractivity contribution >= 4 is 29.5 Å². The van der Waals surface area contributed by atoms with Crippen LogP contribution in [0.4, 0.5) is 10.2 Å². The van der Waals surface area contributed by atoms with E-state index >= 15 is 0 Å². The maximum atomic E-state index is 13.5. The minimum Gasteiger partial charge on any atom is -0.477 e. The molecule has 0 radical (unpaired) electrons. The number of nitrogen functional groups attached to an aromatic ring is 1. The summed E-state index contributed by atoms with van der Waals surface area (Å²) in [6.07, 6.45) is 2.64. The number of allylic oxidation sites excluding steroid dienone is 1. The molecule has 3 N–H and O–H groups in total. The number of halogens is 1. The van der Waals surface area contributed by atoms with Crippen molar-refractivity contribution < 1.29 is 19.1 Å². The summed E-state index contributed by atoms with van der Waals surface area (Å²) in [5.41, 5.74) is 5.33. The Balaban J connectivity index is 1.94. The third-order valence-corrected chi connectivity index (χ3v) is 5.10. The number of nitrogens with zero attached hydrogens (tertiary/aromatic N) is 2.